The topological polar surface area (TPSA) is 57.6 Å². The van der Waals surface area contributed by atoms with Crippen LogP contribution in [0.1, 0.15) is 35.6 Å². The molecule has 1 amide bonds. The van der Waals surface area contributed by atoms with Gasteiger partial charge in [-0.1, -0.05) is 47.5 Å². The summed E-state index contributed by atoms with van der Waals surface area (Å²) in [5.41, 5.74) is 1.95. The average molecular weight is 358 g/mol. The molecule has 0 aliphatic carbocycles. The van der Waals surface area contributed by atoms with Crippen molar-refractivity contribution in [3.05, 3.63) is 63.7 Å². The third kappa shape index (κ3) is 2.96. The van der Waals surface area contributed by atoms with Crippen LogP contribution in [-0.4, -0.2) is 16.8 Å². The van der Waals surface area contributed by atoms with Crippen LogP contribution in [0.3, 0.4) is 0 Å². The highest BCUT2D eigenvalue weighted by Crippen LogP contribution is 2.45. The second-order valence-corrected chi connectivity index (χ2v) is 7.11. The minimum Gasteiger partial charge on any atom is -0.375 e. The Labute approximate surface area is 152 Å². The molecule has 1 atom stereocenters. The van der Waals surface area contributed by atoms with E-state index in [4.69, 9.17) is 11.6 Å². The van der Waals surface area contributed by atoms with Crippen LogP contribution in [0, 0.1) is 13.8 Å². The van der Waals surface area contributed by atoms with E-state index >= 15 is 0 Å². The van der Waals surface area contributed by atoms with E-state index in [1.165, 1.54) is 11.8 Å². The van der Waals surface area contributed by atoms with Crippen molar-refractivity contribution >= 4 is 29.0 Å². The van der Waals surface area contributed by atoms with E-state index in [1.54, 1.807) is 12.1 Å². The van der Waals surface area contributed by atoms with Gasteiger partial charge in [-0.3, -0.25) is 9.59 Å². The zero-order valence-electron chi connectivity index (χ0n) is 14.5. The number of hydrogen-bond donors (Lipinski definition) is 1. The van der Waals surface area contributed by atoms with Crippen LogP contribution < -0.4 is 4.90 Å². The normalized spacial score (nSPS) is 19.2. The van der Waals surface area contributed by atoms with Gasteiger partial charge in [0.25, 0.3) is 5.91 Å². The number of nitrogens with zero attached hydrogens (tertiary/aromatic N) is 1. The Bertz CT molecular complexity index is 877. The smallest absolute Gasteiger partial charge is 0.264 e. The summed E-state index contributed by atoms with van der Waals surface area (Å²) in [6.07, 6.45) is -0.235. The average Bonchev–Trinajstić information content (AvgIpc) is 2.71. The number of amides is 1. The predicted octanol–water partition coefficient (Wildman–Crippen LogP) is 3.67. The number of carbonyl (C=O) groups is 2. The van der Waals surface area contributed by atoms with Crippen molar-refractivity contribution in [1.29, 1.82) is 0 Å². The predicted molar refractivity (Wildman–Crippen MR) is 97.8 cm³/mol. The molecule has 3 rings (SSSR count). The molecule has 1 aliphatic rings. The maximum atomic E-state index is 13.1. The number of rotatable bonds is 4. The number of hydrogen-bond acceptors (Lipinski definition) is 3. The SMILES string of the molecule is CC(=O)C[C@]1(O)C(=O)N(Cc2ccccc2Cl)c2c(C)cc(C)cc21. The summed E-state index contributed by atoms with van der Waals surface area (Å²) < 4.78 is 0. The van der Waals surface area contributed by atoms with Gasteiger partial charge in [-0.2, -0.15) is 0 Å². The van der Waals surface area contributed by atoms with Crippen molar-refractivity contribution in [3.8, 4) is 0 Å². The van der Waals surface area contributed by atoms with E-state index in [0.717, 1.165) is 16.7 Å². The number of fused-ring (bicyclic) bond motifs is 1. The lowest BCUT2D eigenvalue weighted by molar-refractivity contribution is -0.141. The van der Waals surface area contributed by atoms with Crippen molar-refractivity contribution in [2.45, 2.75) is 39.3 Å². The molecule has 0 bridgehead atoms. The molecular formula is C20H20ClNO3. The molecule has 0 saturated carbocycles. The standard InChI is InChI=1S/C20H20ClNO3/c1-12-8-13(2)18-16(9-12)20(25,10-14(3)23)19(24)22(18)11-15-6-4-5-7-17(15)21/h4-9,25H,10-11H2,1-3H3/t20-/m1/s1. The number of anilines is 1. The fraction of sp³-hybridized carbons (Fsp3) is 0.300. The molecule has 0 unspecified atom stereocenters. The Hall–Kier alpha value is -2.17. The summed E-state index contributed by atoms with van der Waals surface area (Å²) in [4.78, 5) is 26.3. The summed E-state index contributed by atoms with van der Waals surface area (Å²) in [5, 5.41) is 11.7. The Morgan fingerprint density at radius 1 is 1.24 bits per heavy atom. The minimum absolute atomic E-state index is 0.235. The van der Waals surface area contributed by atoms with Gasteiger partial charge in [0.15, 0.2) is 5.60 Å². The first-order chi connectivity index (χ1) is 11.7. The number of ketones is 1. The van der Waals surface area contributed by atoms with Gasteiger partial charge in [0.1, 0.15) is 5.78 Å². The van der Waals surface area contributed by atoms with Crippen LogP contribution in [-0.2, 0) is 21.7 Å². The second-order valence-electron chi connectivity index (χ2n) is 6.70. The highest BCUT2D eigenvalue weighted by Gasteiger charge is 2.51. The first kappa shape index (κ1) is 17.6. The second kappa shape index (κ2) is 6.28. The van der Waals surface area contributed by atoms with Crippen molar-refractivity contribution in [2.24, 2.45) is 0 Å². The maximum Gasteiger partial charge on any atom is 0.264 e. The molecule has 0 radical (unpaired) electrons. The fourth-order valence-corrected chi connectivity index (χ4v) is 3.75. The van der Waals surface area contributed by atoms with Gasteiger partial charge in [-0.05, 0) is 38.0 Å². The third-order valence-corrected chi connectivity index (χ3v) is 4.92. The van der Waals surface area contributed by atoms with Crippen molar-refractivity contribution in [1.82, 2.24) is 0 Å². The zero-order valence-corrected chi connectivity index (χ0v) is 15.2. The van der Waals surface area contributed by atoms with Gasteiger partial charge in [0.2, 0.25) is 0 Å². The molecule has 5 heteroatoms. The molecule has 1 heterocycles. The van der Waals surface area contributed by atoms with Crippen LogP contribution in [0.25, 0.3) is 0 Å². The third-order valence-electron chi connectivity index (χ3n) is 4.55. The maximum absolute atomic E-state index is 13.1. The number of carbonyl (C=O) groups excluding carboxylic acids is 2. The van der Waals surface area contributed by atoms with Crippen LogP contribution in [0.4, 0.5) is 5.69 Å². The lowest BCUT2D eigenvalue weighted by Crippen LogP contribution is -2.41. The van der Waals surface area contributed by atoms with Gasteiger partial charge in [-0.25, -0.2) is 0 Å². The number of aliphatic hydroxyl groups is 1. The lowest BCUT2D eigenvalue weighted by atomic mass is 9.88. The van der Waals surface area contributed by atoms with Crippen molar-refractivity contribution < 1.29 is 14.7 Å². The molecule has 0 spiro atoms. The first-order valence-electron chi connectivity index (χ1n) is 8.13. The minimum atomic E-state index is -1.82. The molecule has 0 saturated heterocycles. The van der Waals surface area contributed by atoms with E-state index in [1.807, 2.05) is 38.1 Å². The largest absolute Gasteiger partial charge is 0.375 e. The van der Waals surface area contributed by atoms with Crippen LogP contribution in [0.5, 0.6) is 0 Å². The quantitative estimate of drug-likeness (QED) is 0.908. The Morgan fingerprint density at radius 2 is 1.92 bits per heavy atom. The van der Waals surface area contributed by atoms with E-state index in [2.05, 4.69) is 0 Å². The number of Topliss-reactive ketones (excluding diaryl/α,β-unsaturated/α-hetero) is 1. The van der Waals surface area contributed by atoms with Gasteiger partial charge in [0.05, 0.1) is 12.2 Å². The monoisotopic (exact) mass is 357 g/mol. The molecule has 0 aromatic heterocycles. The fourth-order valence-electron chi connectivity index (χ4n) is 3.55. The summed E-state index contributed by atoms with van der Waals surface area (Å²) >= 11 is 6.24. The summed E-state index contributed by atoms with van der Waals surface area (Å²) in [6.45, 7) is 5.43. The van der Waals surface area contributed by atoms with E-state index in [9.17, 15) is 14.7 Å². The van der Waals surface area contributed by atoms with Crippen molar-refractivity contribution in [3.63, 3.8) is 0 Å². The Morgan fingerprint density at radius 3 is 2.56 bits per heavy atom. The molecule has 25 heavy (non-hydrogen) atoms. The zero-order chi connectivity index (χ0) is 18.4. The van der Waals surface area contributed by atoms with Gasteiger partial charge in [0, 0.05) is 17.0 Å². The molecule has 4 nitrogen and oxygen atoms in total. The Kier molecular flexibility index (Phi) is 4.43. The Balaban J connectivity index is 2.14. The van der Waals surface area contributed by atoms with E-state index < -0.39 is 11.5 Å². The molecule has 1 N–H and O–H groups in total. The first-order valence-corrected chi connectivity index (χ1v) is 8.50. The molecule has 0 fully saturated rings. The number of aryl methyl sites for hydroxylation is 2. The van der Waals surface area contributed by atoms with Crippen LogP contribution in [0.15, 0.2) is 36.4 Å². The van der Waals surface area contributed by atoms with Gasteiger partial charge in [-0.15, -0.1) is 0 Å². The van der Waals surface area contributed by atoms with Gasteiger partial charge < -0.3 is 10.0 Å². The summed E-state index contributed by atoms with van der Waals surface area (Å²) in [6, 6.07) is 11.0. The molecular weight excluding hydrogens is 338 g/mol. The number of halogens is 1. The van der Waals surface area contributed by atoms with E-state index in [-0.39, 0.29) is 18.7 Å². The molecule has 130 valence electrons. The number of benzene rings is 2. The van der Waals surface area contributed by atoms with Gasteiger partial charge >= 0.3 is 0 Å². The highest BCUT2D eigenvalue weighted by molar-refractivity contribution is 6.31. The molecule has 2 aromatic carbocycles. The molecule has 2 aromatic rings. The highest BCUT2D eigenvalue weighted by atomic mass is 35.5. The lowest BCUT2D eigenvalue weighted by Gasteiger charge is -2.22. The van der Waals surface area contributed by atoms with E-state index in [0.29, 0.717) is 16.3 Å². The van der Waals surface area contributed by atoms with Crippen LogP contribution in [0.2, 0.25) is 5.02 Å². The summed E-state index contributed by atoms with van der Waals surface area (Å²) in [5.74, 6) is -0.716. The summed E-state index contributed by atoms with van der Waals surface area (Å²) in [7, 11) is 0. The van der Waals surface area contributed by atoms with Crippen molar-refractivity contribution in [2.75, 3.05) is 4.90 Å². The van der Waals surface area contributed by atoms with Crippen LogP contribution >= 0.6 is 11.6 Å². The molecule has 1 aliphatic heterocycles.